The number of benzene rings is 1. The average Bonchev–Trinajstić information content (AvgIpc) is 2.45. The van der Waals surface area contributed by atoms with Crippen LogP contribution in [-0.2, 0) is 11.3 Å². The van der Waals surface area contributed by atoms with Gasteiger partial charge in [0.2, 0.25) is 0 Å². The maximum absolute atomic E-state index is 12.3. The molecule has 1 unspecified atom stereocenters. The number of carbonyl (C=O) groups is 1. The number of ether oxygens (including phenoxy) is 1. The molecule has 1 aliphatic rings. The second kappa shape index (κ2) is 4.72. The summed E-state index contributed by atoms with van der Waals surface area (Å²) in [6, 6.07) is 13.3. The molecule has 0 spiro atoms. The smallest absolute Gasteiger partial charge is 0.268 e. The highest BCUT2D eigenvalue weighted by atomic mass is 16.5. The number of hydrogen-bond acceptors (Lipinski definition) is 3. The van der Waals surface area contributed by atoms with Crippen molar-refractivity contribution in [3.05, 3.63) is 54.4 Å². The molecule has 2 aromatic rings. The van der Waals surface area contributed by atoms with Gasteiger partial charge in [-0.2, -0.15) is 0 Å². The third-order valence-corrected chi connectivity index (χ3v) is 3.12. The predicted molar refractivity (Wildman–Crippen MR) is 72.0 cm³/mol. The number of rotatable bonds is 2. The van der Waals surface area contributed by atoms with Gasteiger partial charge < -0.3 is 4.74 Å². The molecule has 96 valence electrons. The van der Waals surface area contributed by atoms with Crippen LogP contribution in [-0.4, -0.2) is 17.0 Å². The van der Waals surface area contributed by atoms with Crippen LogP contribution in [0.3, 0.4) is 0 Å². The van der Waals surface area contributed by atoms with Crippen LogP contribution < -0.4 is 9.64 Å². The van der Waals surface area contributed by atoms with E-state index in [1.165, 1.54) is 0 Å². The molecule has 1 atom stereocenters. The van der Waals surface area contributed by atoms with Crippen molar-refractivity contribution in [1.29, 1.82) is 0 Å². The molecule has 1 aliphatic heterocycles. The molecule has 0 saturated heterocycles. The lowest BCUT2D eigenvalue weighted by Crippen LogP contribution is -2.44. The van der Waals surface area contributed by atoms with Gasteiger partial charge in [-0.05, 0) is 31.2 Å². The quantitative estimate of drug-likeness (QED) is 0.826. The normalized spacial score (nSPS) is 17.8. The maximum atomic E-state index is 12.3. The molecule has 1 aromatic heterocycles. The van der Waals surface area contributed by atoms with Crippen molar-refractivity contribution in [3.8, 4) is 5.75 Å². The van der Waals surface area contributed by atoms with Gasteiger partial charge in [0.05, 0.1) is 17.9 Å². The summed E-state index contributed by atoms with van der Waals surface area (Å²) >= 11 is 0. The van der Waals surface area contributed by atoms with E-state index in [0.29, 0.717) is 6.54 Å². The highest BCUT2D eigenvalue weighted by molar-refractivity contribution is 5.99. The van der Waals surface area contributed by atoms with Gasteiger partial charge in [-0.15, -0.1) is 0 Å². The predicted octanol–water partition coefficient (Wildman–Crippen LogP) is 2.40. The van der Waals surface area contributed by atoms with Gasteiger partial charge in [0.25, 0.3) is 5.91 Å². The monoisotopic (exact) mass is 254 g/mol. The Kier molecular flexibility index (Phi) is 2.91. The summed E-state index contributed by atoms with van der Waals surface area (Å²) in [6.07, 6.45) is 1.27. The number of fused-ring (bicyclic) bond motifs is 1. The van der Waals surface area contributed by atoms with E-state index in [2.05, 4.69) is 4.98 Å². The van der Waals surface area contributed by atoms with E-state index < -0.39 is 6.10 Å². The van der Waals surface area contributed by atoms with Gasteiger partial charge >= 0.3 is 0 Å². The van der Waals surface area contributed by atoms with E-state index in [9.17, 15) is 4.79 Å². The number of para-hydroxylation sites is 2. The summed E-state index contributed by atoms with van der Waals surface area (Å²) in [5, 5.41) is 0. The summed E-state index contributed by atoms with van der Waals surface area (Å²) in [4.78, 5) is 18.3. The lowest BCUT2D eigenvalue weighted by Gasteiger charge is -2.32. The Bertz CT molecular complexity index is 598. The highest BCUT2D eigenvalue weighted by Crippen LogP contribution is 2.34. The number of nitrogens with zero attached hydrogens (tertiary/aromatic N) is 2. The van der Waals surface area contributed by atoms with E-state index in [1.54, 1.807) is 18.0 Å². The molecule has 0 fully saturated rings. The first kappa shape index (κ1) is 11.7. The third kappa shape index (κ3) is 2.17. The van der Waals surface area contributed by atoms with Crippen molar-refractivity contribution in [3.63, 3.8) is 0 Å². The zero-order valence-electron chi connectivity index (χ0n) is 10.6. The number of amides is 1. The Morgan fingerprint density at radius 1 is 1.21 bits per heavy atom. The van der Waals surface area contributed by atoms with Crippen LogP contribution in [0.5, 0.6) is 5.75 Å². The molecule has 0 radical (unpaired) electrons. The fourth-order valence-corrected chi connectivity index (χ4v) is 2.18. The van der Waals surface area contributed by atoms with E-state index >= 15 is 0 Å². The Morgan fingerprint density at radius 3 is 2.79 bits per heavy atom. The largest absolute Gasteiger partial charge is 0.479 e. The molecule has 0 aliphatic carbocycles. The van der Waals surface area contributed by atoms with Crippen LogP contribution in [0.25, 0.3) is 0 Å². The third-order valence-electron chi connectivity index (χ3n) is 3.12. The highest BCUT2D eigenvalue weighted by Gasteiger charge is 2.31. The van der Waals surface area contributed by atoms with E-state index in [1.807, 2.05) is 42.5 Å². The molecule has 0 N–H and O–H groups in total. The second-order valence-corrected chi connectivity index (χ2v) is 4.47. The number of hydrogen-bond donors (Lipinski definition) is 0. The van der Waals surface area contributed by atoms with Crippen LogP contribution in [0.1, 0.15) is 12.6 Å². The van der Waals surface area contributed by atoms with Gasteiger partial charge in [-0.25, -0.2) is 0 Å². The maximum Gasteiger partial charge on any atom is 0.268 e. The zero-order valence-corrected chi connectivity index (χ0v) is 10.6. The minimum atomic E-state index is -0.460. The summed E-state index contributed by atoms with van der Waals surface area (Å²) in [5.41, 5.74) is 1.66. The minimum absolute atomic E-state index is 0.0376. The van der Waals surface area contributed by atoms with Crippen molar-refractivity contribution < 1.29 is 9.53 Å². The summed E-state index contributed by atoms with van der Waals surface area (Å²) in [5.74, 6) is 0.704. The molecule has 19 heavy (non-hydrogen) atoms. The molecular weight excluding hydrogens is 240 g/mol. The number of carbonyl (C=O) groups excluding carboxylic acids is 1. The fraction of sp³-hybridized carbons (Fsp3) is 0.200. The Labute approximate surface area is 111 Å². The van der Waals surface area contributed by atoms with Crippen LogP contribution in [0.4, 0.5) is 5.69 Å². The topological polar surface area (TPSA) is 42.4 Å². The van der Waals surface area contributed by atoms with Gasteiger partial charge in [0.1, 0.15) is 5.75 Å². The Morgan fingerprint density at radius 2 is 2.00 bits per heavy atom. The molecule has 1 amide bonds. The van der Waals surface area contributed by atoms with Gasteiger partial charge in [0.15, 0.2) is 6.10 Å². The van der Waals surface area contributed by atoms with Gasteiger partial charge in [-0.3, -0.25) is 14.7 Å². The first-order chi connectivity index (χ1) is 9.25. The van der Waals surface area contributed by atoms with Crippen LogP contribution in [0.2, 0.25) is 0 Å². The Balaban J connectivity index is 1.97. The van der Waals surface area contributed by atoms with Crippen molar-refractivity contribution in [2.24, 2.45) is 0 Å². The van der Waals surface area contributed by atoms with Crippen molar-refractivity contribution >= 4 is 11.6 Å². The molecule has 0 saturated carbocycles. The molecule has 0 bridgehead atoms. The van der Waals surface area contributed by atoms with Crippen LogP contribution >= 0.6 is 0 Å². The molecule has 3 rings (SSSR count). The van der Waals surface area contributed by atoms with Crippen LogP contribution in [0, 0.1) is 0 Å². The molecule has 2 heterocycles. The summed E-state index contributed by atoms with van der Waals surface area (Å²) in [6.45, 7) is 2.23. The number of pyridine rings is 1. The average molecular weight is 254 g/mol. The molecule has 4 heteroatoms. The SMILES string of the molecule is CC1Oc2ccccc2N(Cc2ccccn2)C1=O. The molecule has 1 aromatic carbocycles. The molecular formula is C15H14N2O2. The van der Waals surface area contributed by atoms with Crippen LogP contribution in [0.15, 0.2) is 48.7 Å². The van der Waals surface area contributed by atoms with E-state index in [-0.39, 0.29) is 5.91 Å². The minimum Gasteiger partial charge on any atom is -0.479 e. The van der Waals surface area contributed by atoms with Crippen molar-refractivity contribution in [1.82, 2.24) is 4.98 Å². The van der Waals surface area contributed by atoms with Crippen molar-refractivity contribution in [2.45, 2.75) is 19.6 Å². The number of anilines is 1. The first-order valence-corrected chi connectivity index (χ1v) is 6.22. The lowest BCUT2D eigenvalue weighted by molar-refractivity contribution is -0.125. The molecule has 4 nitrogen and oxygen atoms in total. The fourth-order valence-electron chi connectivity index (χ4n) is 2.18. The van der Waals surface area contributed by atoms with E-state index in [4.69, 9.17) is 4.74 Å². The standard InChI is InChI=1S/C15H14N2O2/c1-11-15(18)17(10-12-6-4-5-9-16-12)13-7-2-3-8-14(13)19-11/h2-9,11H,10H2,1H3. The zero-order chi connectivity index (χ0) is 13.2. The van der Waals surface area contributed by atoms with Gasteiger partial charge in [-0.1, -0.05) is 18.2 Å². The lowest BCUT2D eigenvalue weighted by atomic mass is 10.1. The summed E-state index contributed by atoms with van der Waals surface area (Å²) in [7, 11) is 0. The first-order valence-electron chi connectivity index (χ1n) is 6.22. The second-order valence-electron chi connectivity index (χ2n) is 4.47. The van der Waals surface area contributed by atoms with Crippen molar-refractivity contribution in [2.75, 3.05) is 4.90 Å². The van der Waals surface area contributed by atoms with Gasteiger partial charge in [0, 0.05) is 6.20 Å². The number of aromatic nitrogens is 1. The van der Waals surface area contributed by atoms with E-state index in [0.717, 1.165) is 17.1 Å². The summed E-state index contributed by atoms with van der Waals surface area (Å²) < 4.78 is 5.60. The Hall–Kier alpha value is -2.36.